The largest absolute Gasteiger partial charge is 0.348 e. The van der Waals surface area contributed by atoms with E-state index in [9.17, 15) is 9.59 Å². The highest BCUT2D eigenvalue weighted by atomic mass is 16.2. The molecule has 2 atom stereocenters. The van der Waals surface area contributed by atoms with E-state index in [0.29, 0.717) is 12.3 Å². The van der Waals surface area contributed by atoms with Crippen LogP contribution in [0.5, 0.6) is 0 Å². The zero-order valence-electron chi connectivity index (χ0n) is 13.5. The Morgan fingerprint density at radius 1 is 1.38 bits per heavy atom. The lowest BCUT2D eigenvalue weighted by atomic mass is 10.0. The van der Waals surface area contributed by atoms with Crippen LogP contribution >= 0.6 is 0 Å². The molecule has 2 amide bonds. The fraction of sp³-hybridized carbons (Fsp3) is 0.647. The summed E-state index contributed by atoms with van der Waals surface area (Å²) in [6.45, 7) is 8.01. The number of carbonyl (C=O) groups is 2. The van der Waals surface area contributed by atoms with E-state index in [1.807, 2.05) is 19.1 Å². The van der Waals surface area contributed by atoms with Gasteiger partial charge in [-0.15, -0.1) is 0 Å². The minimum atomic E-state index is -0.504. The van der Waals surface area contributed by atoms with Gasteiger partial charge in [-0.2, -0.15) is 0 Å². The van der Waals surface area contributed by atoms with Crippen LogP contribution in [0.2, 0.25) is 0 Å². The van der Waals surface area contributed by atoms with Crippen molar-refractivity contribution in [3.05, 3.63) is 23.8 Å². The molecule has 21 heavy (non-hydrogen) atoms. The van der Waals surface area contributed by atoms with Crippen molar-refractivity contribution >= 4 is 11.8 Å². The molecule has 0 aromatic heterocycles. The Balaban J connectivity index is 2.29. The first kappa shape index (κ1) is 17.5. The summed E-state index contributed by atoms with van der Waals surface area (Å²) in [5.41, 5.74) is 1.19. The Morgan fingerprint density at radius 2 is 2.10 bits per heavy atom. The van der Waals surface area contributed by atoms with Gasteiger partial charge in [0.25, 0.3) is 0 Å². The van der Waals surface area contributed by atoms with Gasteiger partial charge in [0.1, 0.15) is 6.04 Å². The summed E-state index contributed by atoms with van der Waals surface area (Å²) in [7, 11) is 0. The summed E-state index contributed by atoms with van der Waals surface area (Å²) in [4.78, 5) is 23.8. The minimum Gasteiger partial charge on any atom is -0.348 e. The lowest BCUT2D eigenvalue weighted by molar-refractivity contribution is -0.128. The monoisotopic (exact) mass is 291 g/mol. The summed E-state index contributed by atoms with van der Waals surface area (Å²) in [6.07, 6.45) is 9.96. The van der Waals surface area contributed by atoms with Gasteiger partial charge in [0.2, 0.25) is 11.8 Å². The van der Waals surface area contributed by atoms with E-state index in [1.54, 1.807) is 6.92 Å². The highest BCUT2D eigenvalue weighted by molar-refractivity contribution is 5.87. The first-order chi connectivity index (χ1) is 9.88. The van der Waals surface area contributed by atoms with Gasteiger partial charge in [0, 0.05) is 6.42 Å². The van der Waals surface area contributed by atoms with E-state index in [0.717, 1.165) is 19.3 Å². The van der Waals surface area contributed by atoms with Crippen molar-refractivity contribution in [2.24, 2.45) is 5.92 Å². The maximum atomic E-state index is 12.0. The molecule has 0 bridgehead atoms. The number of carbonyl (C=O) groups excluding carboxylic acids is 2. The lowest BCUT2D eigenvalue weighted by Gasteiger charge is -2.21. The molecular weight excluding hydrogens is 264 g/mol. The highest BCUT2D eigenvalue weighted by Crippen LogP contribution is 2.11. The molecule has 1 rings (SSSR count). The molecule has 0 fully saturated rings. The van der Waals surface area contributed by atoms with Crippen molar-refractivity contribution in [2.75, 3.05) is 0 Å². The molecule has 0 saturated heterocycles. The van der Waals surface area contributed by atoms with E-state index < -0.39 is 6.04 Å². The van der Waals surface area contributed by atoms with Crippen molar-refractivity contribution in [3.8, 4) is 0 Å². The lowest BCUT2D eigenvalue weighted by Crippen LogP contribution is -2.47. The van der Waals surface area contributed by atoms with E-state index >= 15 is 0 Å². The quantitative estimate of drug-likeness (QED) is 0.757. The van der Waals surface area contributed by atoms with Gasteiger partial charge in [-0.1, -0.05) is 38.0 Å². The summed E-state index contributed by atoms with van der Waals surface area (Å²) < 4.78 is 0. The number of nitrogens with one attached hydrogen (secondary N) is 2. The van der Waals surface area contributed by atoms with Crippen LogP contribution in [0.25, 0.3) is 0 Å². The second-order valence-corrected chi connectivity index (χ2v) is 6.22. The van der Waals surface area contributed by atoms with E-state index in [-0.39, 0.29) is 17.9 Å². The maximum absolute atomic E-state index is 12.0. The highest BCUT2D eigenvalue weighted by Gasteiger charge is 2.19. The molecule has 0 spiro atoms. The number of allylic oxidation sites excluding steroid dienone is 2. The number of amides is 2. The average molecular weight is 291 g/mol. The first-order valence-electron chi connectivity index (χ1n) is 7.73. The van der Waals surface area contributed by atoms with Crippen molar-refractivity contribution in [1.82, 2.24) is 10.6 Å². The van der Waals surface area contributed by atoms with E-state index in [2.05, 4.69) is 30.6 Å². The van der Waals surface area contributed by atoms with E-state index in [1.165, 1.54) is 5.57 Å². The Bertz CT molecular complexity index is 425. The van der Waals surface area contributed by atoms with Gasteiger partial charge in [-0.3, -0.25) is 9.59 Å². The standard InChI is InChI=1S/C17H27N2O2/c1-12(2)7-5-10-16(20)18-14(4)17(21)19-15-9-6-8-13(3)11-15/h8-9,12,14-15H,5,7,10-11H2,1-4H3,(H,18,20)(H,19,21)/t14-,15+/m0/s1. The zero-order valence-corrected chi connectivity index (χ0v) is 13.5. The van der Waals surface area contributed by atoms with Crippen LogP contribution in [0.15, 0.2) is 17.7 Å². The molecule has 1 aliphatic rings. The van der Waals surface area contributed by atoms with Crippen LogP contribution in [0, 0.1) is 12.0 Å². The maximum Gasteiger partial charge on any atom is 0.242 e. The topological polar surface area (TPSA) is 58.2 Å². The van der Waals surface area contributed by atoms with Crippen LogP contribution < -0.4 is 10.6 Å². The summed E-state index contributed by atoms with van der Waals surface area (Å²) >= 11 is 0. The molecule has 0 aliphatic heterocycles. The second kappa shape index (κ2) is 8.65. The summed E-state index contributed by atoms with van der Waals surface area (Å²) in [5.74, 6) is 0.397. The Hall–Kier alpha value is -1.58. The molecule has 117 valence electrons. The van der Waals surface area contributed by atoms with Crippen LogP contribution in [-0.4, -0.2) is 23.9 Å². The smallest absolute Gasteiger partial charge is 0.242 e. The Morgan fingerprint density at radius 3 is 2.71 bits per heavy atom. The number of hydrogen-bond acceptors (Lipinski definition) is 2. The molecule has 2 N–H and O–H groups in total. The molecule has 0 heterocycles. The van der Waals surface area contributed by atoms with Crippen LogP contribution in [-0.2, 0) is 9.59 Å². The van der Waals surface area contributed by atoms with Gasteiger partial charge in [-0.25, -0.2) is 0 Å². The van der Waals surface area contributed by atoms with Crippen LogP contribution in [0.1, 0.15) is 53.4 Å². The molecule has 4 nitrogen and oxygen atoms in total. The van der Waals surface area contributed by atoms with Gasteiger partial charge in [-0.05, 0) is 38.7 Å². The number of rotatable bonds is 7. The third-order valence-electron chi connectivity index (χ3n) is 3.45. The number of hydrogen-bond donors (Lipinski definition) is 2. The molecule has 4 heteroatoms. The third-order valence-corrected chi connectivity index (χ3v) is 3.45. The first-order valence-corrected chi connectivity index (χ1v) is 7.73. The summed E-state index contributed by atoms with van der Waals surface area (Å²) in [5, 5.41) is 5.67. The molecule has 1 radical (unpaired) electrons. The summed E-state index contributed by atoms with van der Waals surface area (Å²) in [6, 6.07) is -0.529. The van der Waals surface area contributed by atoms with Gasteiger partial charge in [0.15, 0.2) is 0 Å². The zero-order chi connectivity index (χ0) is 15.8. The fourth-order valence-corrected chi connectivity index (χ4v) is 2.22. The van der Waals surface area contributed by atoms with Crippen molar-refractivity contribution in [3.63, 3.8) is 0 Å². The van der Waals surface area contributed by atoms with Crippen molar-refractivity contribution in [2.45, 2.75) is 65.5 Å². The van der Waals surface area contributed by atoms with Crippen molar-refractivity contribution < 1.29 is 9.59 Å². The Labute approximate surface area is 128 Å². The Kier molecular flexibility index (Phi) is 7.20. The molecule has 1 aliphatic carbocycles. The predicted octanol–water partition coefficient (Wildman–Crippen LogP) is 2.51. The van der Waals surface area contributed by atoms with Gasteiger partial charge in [0.05, 0.1) is 6.04 Å². The van der Waals surface area contributed by atoms with E-state index in [4.69, 9.17) is 0 Å². The molecule has 0 saturated carbocycles. The molecule has 0 unspecified atom stereocenters. The van der Waals surface area contributed by atoms with Crippen LogP contribution in [0.4, 0.5) is 0 Å². The predicted molar refractivity (Wildman–Crippen MR) is 84.4 cm³/mol. The normalized spacial score (nSPS) is 19.1. The SMILES string of the molecule is CC1=C[C]=C[C@@H](NC(=O)[C@H](C)NC(=O)CCCC(C)C)C1. The third kappa shape index (κ3) is 7.11. The average Bonchev–Trinajstić information content (AvgIpc) is 2.38. The molecule has 0 aromatic rings. The second-order valence-electron chi connectivity index (χ2n) is 6.22. The molecular formula is C17H27N2O2. The van der Waals surface area contributed by atoms with Gasteiger partial charge < -0.3 is 10.6 Å². The van der Waals surface area contributed by atoms with Crippen LogP contribution in [0.3, 0.4) is 0 Å². The van der Waals surface area contributed by atoms with Crippen molar-refractivity contribution in [1.29, 1.82) is 0 Å². The fourth-order valence-electron chi connectivity index (χ4n) is 2.22. The van der Waals surface area contributed by atoms with Gasteiger partial charge >= 0.3 is 0 Å². The minimum absolute atomic E-state index is 0.0252. The molecule has 0 aromatic carbocycles.